The lowest BCUT2D eigenvalue weighted by Crippen LogP contribution is -2.27. The first-order chi connectivity index (χ1) is 17.2. The number of nitrogens with zero attached hydrogens (tertiary/aromatic N) is 2. The lowest BCUT2D eigenvalue weighted by atomic mass is 9.68. The molecule has 2 aliphatic heterocycles. The van der Waals surface area contributed by atoms with Crippen molar-refractivity contribution in [2.75, 3.05) is 26.2 Å². The maximum atomic E-state index is 4.61. The summed E-state index contributed by atoms with van der Waals surface area (Å²) >= 11 is 0. The number of fused-ring (bicyclic) bond motifs is 2. The molecule has 0 bridgehead atoms. The van der Waals surface area contributed by atoms with Gasteiger partial charge in [-0.25, -0.2) is 0 Å². The van der Waals surface area contributed by atoms with E-state index in [1.54, 1.807) is 0 Å². The zero-order chi connectivity index (χ0) is 23.8. The summed E-state index contributed by atoms with van der Waals surface area (Å²) in [5.41, 5.74) is 7.41. The highest BCUT2D eigenvalue weighted by Gasteiger charge is 2.37. The molecule has 35 heavy (non-hydrogen) atoms. The number of benzene rings is 2. The fourth-order valence-corrected chi connectivity index (χ4v) is 6.18. The molecule has 180 valence electrons. The summed E-state index contributed by atoms with van der Waals surface area (Å²) in [6, 6.07) is 13.5. The zero-order valence-electron chi connectivity index (χ0n) is 20.7. The molecule has 0 amide bonds. The molecule has 2 aliphatic rings. The van der Waals surface area contributed by atoms with Gasteiger partial charge in [-0.3, -0.25) is 9.98 Å². The van der Waals surface area contributed by atoms with E-state index < -0.39 is 0 Å². The Morgan fingerprint density at radius 1 is 0.714 bits per heavy atom. The predicted molar refractivity (Wildman–Crippen MR) is 146 cm³/mol. The fourth-order valence-electron chi connectivity index (χ4n) is 6.18. The highest BCUT2D eigenvalue weighted by molar-refractivity contribution is 6.04. The Balaban J connectivity index is 1.49. The van der Waals surface area contributed by atoms with E-state index in [1.807, 2.05) is 0 Å². The maximum Gasteiger partial charge on any atom is 0.128 e. The molecular formula is C29H34N6. The van der Waals surface area contributed by atoms with Crippen molar-refractivity contribution >= 4 is 33.5 Å². The Kier molecular flexibility index (Phi) is 5.59. The first-order valence-electron chi connectivity index (χ1n) is 13.0. The fraction of sp³-hybridized carbons (Fsp3) is 0.379. The predicted octanol–water partition coefficient (Wildman–Crippen LogP) is 5.24. The second-order valence-corrected chi connectivity index (χ2v) is 9.82. The molecule has 0 spiro atoms. The second kappa shape index (κ2) is 8.91. The Labute approximate surface area is 206 Å². The van der Waals surface area contributed by atoms with Crippen molar-refractivity contribution in [3.05, 3.63) is 71.0 Å². The van der Waals surface area contributed by atoms with Gasteiger partial charge in [-0.15, -0.1) is 0 Å². The lowest BCUT2D eigenvalue weighted by Gasteiger charge is -2.34. The second-order valence-electron chi connectivity index (χ2n) is 9.82. The van der Waals surface area contributed by atoms with Crippen LogP contribution in [0.15, 0.2) is 58.8 Å². The van der Waals surface area contributed by atoms with Gasteiger partial charge >= 0.3 is 0 Å². The van der Waals surface area contributed by atoms with Gasteiger partial charge in [0.15, 0.2) is 0 Å². The minimum absolute atomic E-state index is 0.0602. The molecule has 0 unspecified atom stereocenters. The topological polar surface area (TPSA) is 80.4 Å². The molecule has 0 fully saturated rings. The molecule has 4 heterocycles. The number of aromatic amines is 2. The average molecular weight is 467 g/mol. The molecule has 0 aliphatic carbocycles. The van der Waals surface area contributed by atoms with Crippen molar-refractivity contribution in [2.24, 2.45) is 9.98 Å². The molecule has 0 saturated carbocycles. The van der Waals surface area contributed by atoms with Gasteiger partial charge in [-0.05, 0) is 36.1 Å². The summed E-state index contributed by atoms with van der Waals surface area (Å²) in [6.07, 6.45) is 8.97. The third-order valence-corrected chi connectivity index (χ3v) is 7.64. The van der Waals surface area contributed by atoms with Gasteiger partial charge in [0.2, 0.25) is 0 Å². The van der Waals surface area contributed by atoms with Crippen LogP contribution >= 0.6 is 0 Å². The molecule has 0 saturated heterocycles. The Hall–Kier alpha value is -3.54. The lowest BCUT2D eigenvalue weighted by molar-refractivity contribution is 0.432. The monoisotopic (exact) mass is 466 g/mol. The summed E-state index contributed by atoms with van der Waals surface area (Å²) in [7, 11) is 0. The quantitative estimate of drug-likeness (QED) is 0.287. The van der Waals surface area contributed by atoms with E-state index in [4.69, 9.17) is 0 Å². The van der Waals surface area contributed by atoms with Crippen molar-refractivity contribution in [3.8, 4) is 0 Å². The first-order valence-corrected chi connectivity index (χ1v) is 13.0. The summed E-state index contributed by atoms with van der Waals surface area (Å²) in [5, 5.41) is 9.42. The molecule has 4 N–H and O–H groups in total. The van der Waals surface area contributed by atoms with Gasteiger partial charge in [-0.1, -0.05) is 51.0 Å². The smallest absolute Gasteiger partial charge is 0.128 e. The largest absolute Gasteiger partial charge is 0.368 e. The van der Waals surface area contributed by atoms with Crippen LogP contribution in [0.4, 0.5) is 0 Å². The molecular weight excluding hydrogens is 432 g/mol. The average Bonchev–Trinajstić information content (AvgIpc) is 3.69. The van der Waals surface area contributed by atoms with Crippen molar-refractivity contribution in [3.63, 3.8) is 0 Å². The van der Waals surface area contributed by atoms with Crippen LogP contribution in [0.2, 0.25) is 0 Å². The summed E-state index contributed by atoms with van der Waals surface area (Å²) in [6.45, 7) is 8.16. The van der Waals surface area contributed by atoms with E-state index >= 15 is 0 Å². The van der Waals surface area contributed by atoms with Gasteiger partial charge in [0.1, 0.15) is 11.7 Å². The van der Waals surface area contributed by atoms with Crippen LogP contribution in [-0.4, -0.2) is 47.8 Å². The maximum absolute atomic E-state index is 4.61. The first kappa shape index (κ1) is 22.0. The van der Waals surface area contributed by atoms with Crippen molar-refractivity contribution in [1.82, 2.24) is 20.6 Å². The standard InChI is InChI=1S/C29H34N6/c1-3-9-29(10-4-2,23-17-34-25-15-19(5-7-21(23)25)27-30-11-12-31-27)24-18-35-26-16-20(6-8-22(24)26)28-32-13-14-33-28/h5-8,15-18,34-35H,3-4,9-14H2,1-2H3,(H,30,31)(H,32,33). The number of aromatic nitrogens is 2. The van der Waals surface area contributed by atoms with E-state index in [-0.39, 0.29) is 5.41 Å². The number of amidine groups is 2. The van der Waals surface area contributed by atoms with Crippen LogP contribution in [0.1, 0.15) is 61.8 Å². The number of H-pyrrole nitrogens is 2. The van der Waals surface area contributed by atoms with Crippen molar-refractivity contribution in [1.29, 1.82) is 0 Å². The summed E-state index contributed by atoms with van der Waals surface area (Å²) in [4.78, 5) is 16.5. The van der Waals surface area contributed by atoms with Crippen LogP contribution in [0.3, 0.4) is 0 Å². The molecule has 0 radical (unpaired) electrons. The molecule has 2 aromatic carbocycles. The minimum atomic E-state index is -0.0602. The van der Waals surface area contributed by atoms with Crippen LogP contribution in [0.5, 0.6) is 0 Å². The van der Waals surface area contributed by atoms with Gasteiger partial charge in [-0.2, -0.15) is 0 Å². The van der Waals surface area contributed by atoms with Crippen LogP contribution in [-0.2, 0) is 5.41 Å². The summed E-state index contributed by atoms with van der Waals surface area (Å²) < 4.78 is 0. The highest BCUT2D eigenvalue weighted by Crippen LogP contribution is 2.46. The van der Waals surface area contributed by atoms with Crippen LogP contribution in [0, 0.1) is 0 Å². The van der Waals surface area contributed by atoms with Gasteiger partial charge < -0.3 is 20.6 Å². The molecule has 6 heteroatoms. The van der Waals surface area contributed by atoms with E-state index in [0.717, 1.165) is 74.7 Å². The third-order valence-electron chi connectivity index (χ3n) is 7.64. The van der Waals surface area contributed by atoms with Crippen LogP contribution in [0.25, 0.3) is 21.8 Å². The molecule has 6 nitrogen and oxygen atoms in total. The molecule has 6 rings (SSSR count). The molecule has 0 atom stereocenters. The van der Waals surface area contributed by atoms with Crippen molar-refractivity contribution in [2.45, 2.75) is 44.9 Å². The molecule has 4 aromatic rings. The van der Waals surface area contributed by atoms with Gasteiger partial charge in [0.05, 0.1) is 13.1 Å². The van der Waals surface area contributed by atoms with E-state index in [9.17, 15) is 0 Å². The van der Waals surface area contributed by atoms with E-state index in [1.165, 1.54) is 32.9 Å². The third kappa shape index (κ3) is 3.63. The number of hydrogen-bond acceptors (Lipinski definition) is 4. The SMILES string of the molecule is CCCC(CCC)(c1c[nH]c2cc(C3=NCCN3)ccc12)c1c[nH]c2cc(C3=NCCN3)ccc12. The number of rotatable bonds is 8. The highest BCUT2D eigenvalue weighted by atomic mass is 15.1. The van der Waals surface area contributed by atoms with E-state index in [2.05, 4.69) is 93.2 Å². The zero-order valence-corrected chi connectivity index (χ0v) is 20.7. The normalized spacial score (nSPS) is 15.9. The van der Waals surface area contributed by atoms with Crippen LogP contribution < -0.4 is 10.6 Å². The Morgan fingerprint density at radius 2 is 1.20 bits per heavy atom. The van der Waals surface area contributed by atoms with E-state index in [0.29, 0.717) is 0 Å². The minimum Gasteiger partial charge on any atom is -0.368 e. The molecule has 2 aromatic heterocycles. The van der Waals surface area contributed by atoms with Gasteiger partial charge in [0.25, 0.3) is 0 Å². The Morgan fingerprint density at radius 3 is 1.60 bits per heavy atom. The van der Waals surface area contributed by atoms with Gasteiger partial charge in [0, 0.05) is 63.8 Å². The summed E-state index contributed by atoms with van der Waals surface area (Å²) in [5.74, 6) is 2.01. The number of nitrogens with one attached hydrogen (secondary N) is 4. The van der Waals surface area contributed by atoms with Crippen molar-refractivity contribution < 1.29 is 0 Å². The number of aliphatic imine (C=N–C) groups is 2. The number of hydrogen-bond donors (Lipinski definition) is 4. The Bertz CT molecular complexity index is 1330.